The van der Waals surface area contributed by atoms with E-state index in [0.29, 0.717) is 5.82 Å². The highest BCUT2D eigenvalue weighted by molar-refractivity contribution is 5.82. The standard InChI is InChI=1S/C16H18N6O3/c1-8(2)11(16(23)24)18-13-12(17-10-6-4-9(3)5-7-10)19-14-15(20-13)22-25-21-14/h4-8,11H,1-3H3,(H,23,24)(H,17,19,21)(H,18,20,22). The average Bonchev–Trinajstić information content (AvgIpc) is 3.01. The van der Waals surface area contributed by atoms with E-state index in [1.165, 1.54) is 0 Å². The second-order valence-electron chi connectivity index (χ2n) is 6.03. The Hall–Kier alpha value is -3.23. The van der Waals surface area contributed by atoms with Gasteiger partial charge in [-0.05, 0) is 35.3 Å². The first kappa shape index (κ1) is 16.6. The lowest BCUT2D eigenvalue weighted by atomic mass is 10.1. The molecule has 9 heteroatoms. The maximum absolute atomic E-state index is 11.5. The van der Waals surface area contributed by atoms with Gasteiger partial charge in [-0.1, -0.05) is 31.5 Å². The number of carboxylic acids is 1. The molecular weight excluding hydrogens is 324 g/mol. The highest BCUT2D eigenvalue weighted by Gasteiger charge is 2.24. The van der Waals surface area contributed by atoms with Gasteiger partial charge in [0.25, 0.3) is 0 Å². The van der Waals surface area contributed by atoms with E-state index in [2.05, 4.69) is 35.5 Å². The fourth-order valence-electron chi connectivity index (χ4n) is 2.26. The first-order chi connectivity index (χ1) is 11.9. The van der Waals surface area contributed by atoms with Crippen LogP contribution in [0.4, 0.5) is 17.3 Å². The second-order valence-corrected chi connectivity index (χ2v) is 6.03. The summed E-state index contributed by atoms with van der Waals surface area (Å²) in [7, 11) is 0. The summed E-state index contributed by atoms with van der Waals surface area (Å²) < 4.78 is 4.64. The Labute approximate surface area is 143 Å². The van der Waals surface area contributed by atoms with Gasteiger partial charge < -0.3 is 15.7 Å². The van der Waals surface area contributed by atoms with Crippen LogP contribution in [-0.4, -0.2) is 37.4 Å². The minimum Gasteiger partial charge on any atom is -0.480 e. The molecule has 0 spiro atoms. The van der Waals surface area contributed by atoms with Crippen molar-refractivity contribution in [2.24, 2.45) is 5.92 Å². The van der Waals surface area contributed by atoms with Gasteiger partial charge in [-0.2, -0.15) is 0 Å². The zero-order valence-corrected chi connectivity index (χ0v) is 14.0. The molecule has 9 nitrogen and oxygen atoms in total. The van der Waals surface area contributed by atoms with Crippen molar-refractivity contribution in [3.8, 4) is 0 Å². The maximum Gasteiger partial charge on any atom is 0.326 e. The molecule has 0 aliphatic heterocycles. The molecule has 25 heavy (non-hydrogen) atoms. The number of anilines is 3. The highest BCUT2D eigenvalue weighted by atomic mass is 16.6. The van der Waals surface area contributed by atoms with Crippen LogP contribution in [0.25, 0.3) is 11.3 Å². The van der Waals surface area contributed by atoms with Crippen LogP contribution in [0.3, 0.4) is 0 Å². The molecule has 3 aromatic rings. The topological polar surface area (TPSA) is 126 Å². The summed E-state index contributed by atoms with van der Waals surface area (Å²) in [6, 6.07) is 6.86. The van der Waals surface area contributed by atoms with Crippen LogP contribution in [-0.2, 0) is 4.79 Å². The number of carboxylic acid groups (broad SMARTS) is 1. The molecule has 0 amide bonds. The number of aryl methyl sites for hydroxylation is 1. The largest absolute Gasteiger partial charge is 0.480 e. The zero-order chi connectivity index (χ0) is 18.0. The van der Waals surface area contributed by atoms with E-state index in [4.69, 9.17) is 0 Å². The predicted molar refractivity (Wildman–Crippen MR) is 91.7 cm³/mol. The Morgan fingerprint density at radius 2 is 1.68 bits per heavy atom. The van der Waals surface area contributed by atoms with Crippen LogP contribution < -0.4 is 10.6 Å². The molecule has 1 atom stereocenters. The fourth-order valence-corrected chi connectivity index (χ4v) is 2.26. The molecule has 0 saturated heterocycles. The minimum atomic E-state index is -0.975. The molecule has 0 radical (unpaired) electrons. The van der Waals surface area contributed by atoms with Crippen LogP contribution in [0.5, 0.6) is 0 Å². The van der Waals surface area contributed by atoms with Gasteiger partial charge in [0.2, 0.25) is 11.3 Å². The normalized spacial score (nSPS) is 12.3. The first-order valence-electron chi connectivity index (χ1n) is 7.77. The molecule has 0 bridgehead atoms. The zero-order valence-electron chi connectivity index (χ0n) is 14.0. The van der Waals surface area contributed by atoms with Crippen LogP contribution in [0.1, 0.15) is 19.4 Å². The average molecular weight is 342 g/mol. The summed E-state index contributed by atoms with van der Waals surface area (Å²) in [4.78, 5) is 20.1. The van der Waals surface area contributed by atoms with E-state index < -0.39 is 12.0 Å². The number of benzene rings is 1. The predicted octanol–water partition coefficient (Wildman–Crippen LogP) is 2.59. The third-order valence-corrected chi connectivity index (χ3v) is 3.65. The molecule has 0 saturated carbocycles. The van der Waals surface area contributed by atoms with Crippen LogP contribution in [0.2, 0.25) is 0 Å². The Kier molecular flexibility index (Phi) is 4.46. The van der Waals surface area contributed by atoms with Gasteiger partial charge in [0.1, 0.15) is 6.04 Å². The van der Waals surface area contributed by atoms with Gasteiger partial charge in [0, 0.05) is 5.69 Å². The second kappa shape index (κ2) is 6.71. The van der Waals surface area contributed by atoms with Gasteiger partial charge in [0.05, 0.1) is 0 Å². The van der Waals surface area contributed by atoms with Crippen molar-refractivity contribution in [3.05, 3.63) is 29.8 Å². The van der Waals surface area contributed by atoms with Gasteiger partial charge in [-0.3, -0.25) is 0 Å². The third-order valence-electron chi connectivity index (χ3n) is 3.65. The lowest BCUT2D eigenvalue weighted by Gasteiger charge is -2.20. The SMILES string of the molecule is Cc1ccc(Nc2nc3nonc3nc2NC(C(=O)O)C(C)C)cc1. The van der Waals surface area contributed by atoms with Crippen LogP contribution in [0.15, 0.2) is 28.9 Å². The number of aromatic nitrogens is 4. The summed E-state index contributed by atoms with van der Waals surface area (Å²) in [6.45, 7) is 5.61. The first-order valence-corrected chi connectivity index (χ1v) is 7.77. The summed E-state index contributed by atoms with van der Waals surface area (Å²) in [5, 5.41) is 22.8. The van der Waals surface area contributed by atoms with Crippen molar-refractivity contribution in [3.63, 3.8) is 0 Å². The summed E-state index contributed by atoms with van der Waals surface area (Å²) in [5.74, 6) is -0.516. The van der Waals surface area contributed by atoms with Crippen molar-refractivity contribution in [1.29, 1.82) is 0 Å². The van der Waals surface area contributed by atoms with Crippen LogP contribution in [0, 0.1) is 12.8 Å². The Bertz CT molecular complexity index is 891. The quantitative estimate of drug-likeness (QED) is 0.619. The molecule has 130 valence electrons. The molecule has 0 aliphatic rings. The Morgan fingerprint density at radius 3 is 2.24 bits per heavy atom. The van der Waals surface area contributed by atoms with E-state index in [0.717, 1.165) is 11.3 Å². The van der Waals surface area contributed by atoms with Gasteiger partial charge >= 0.3 is 5.97 Å². The highest BCUT2D eigenvalue weighted by Crippen LogP contribution is 2.25. The lowest BCUT2D eigenvalue weighted by Crippen LogP contribution is -2.35. The monoisotopic (exact) mass is 342 g/mol. The number of hydrogen-bond acceptors (Lipinski definition) is 8. The van der Waals surface area contributed by atoms with E-state index in [1.54, 1.807) is 0 Å². The number of rotatable bonds is 6. The van der Waals surface area contributed by atoms with Gasteiger partial charge in [-0.15, -0.1) is 0 Å². The number of nitrogens with zero attached hydrogens (tertiary/aromatic N) is 4. The molecule has 2 aromatic heterocycles. The molecule has 0 aliphatic carbocycles. The number of fused-ring (bicyclic) bond motifs is 1. The van der Waals surface area contributed by atoms with E-state index in [1.807, 2.05) is 45.0 Å². The third kappa shape index (κ3) is 3.65. The van der Waals surface area contributed by atoms with Crippen molar-refractivity contribution >= 4 is 34.6 Å². The molecule has 1 unspecified atom stereocenters. The molecule has 1 aromatic carbocycles. The number of aliphatic carboxylic acids is 1. The molecule has 3 rings (SSSR count). The fraction of sp³-hybridized carbons (Fsp3) is 0.312. The van der Waals surface area contributed by atoms with Crippen molar-refractivity contribution in [2.75, 3.05) is 10.6 Å². The Morgan fingerprint density at radius 1 is 1.08 bits per heavy atom. The molecule has 3 N–H and O–H groups in total. The number of hydrogen-bond donors (Lipinski definition) is 3. The smallest absolute Gasteiger partial charge is 0.326 e. The van der Waals surface area contributed by atoms with Crippen molar-refractivity contribution < 1.29 is 14.5 Å². The lowest BCUT2D eigenvalue weighted by molar-refractivity contribution is -0.138. The maximum atomic E-state index is 11.5. The van der Waals surface area contributed by atoms with Crippen molar-refractivity contribution in [2.45, 2.75) is 26.8 Å². The summed E-state index contributed by atoms with van der Waals surface area (Å²) in [6.07, 6.45) is 0. The van der Waals surface area contributed by atoms with Gasteiger partial charge in [-0.25, -0.2) is 19.4 Å². The van der Waals surface area contributed by atoms with Crippen LogP contribution >= 0.6 is 0 Å². The van der Waals surface area contributed by atoms with E-state index >= 15 is 0 Å². The van der Waals surface area contributed by atoms with Crippen molar-refractivity contribution in [1.82, 2.24) is 20.3 Å². The summed E-state index contributed by atoms with van der Waals surface area (Å²) in [5.41, 5.74) is 2.34. The molecule has 0 fully saturated rings. The number of carbonyl (C=O) groups is 1. The van der Waals surface area contributed by atoms with E-state index in [-0.39, 0.29) is 23.0 Å². The Balaban J connectivity index is 1.99. The number of nitrogens with one attached hydrogen (secondary N) is 2. The van der Waals surface area contributed by atoms with Gasteiger partial charge in [0.15, 0.2) is 11.6 Å². The molecule has 2 heterocycles. The summed E-state index contributed by atoms with van der Waals surface area (Å²) >= 11 is 0. The minimum absolute atomic E-state index is 0.155. The van der Waals surface area contributed by atoms with E-state index in [9.17, 15) is 9.90 Å². The molecular formula is C16H18N6O3.